The molecule has 1 amide bonds. The predicted octanol–water partition coefficient (Wildman–Crippen LogP) is 4.54. The molecule has 0 spiro atoms. The minimum absolute atomic E-state index is 0.157. The Kier molecular flexibility index (Phi) is 7.39. The van der Waals surface area contributed by atoms with Gasteiger partial charge in [0.25, 0.3) is 5.91 Å². The Hall–Kier alpha value is -2.09. The van der Waals surface area contributed by atoms with Gasteiger partial charge in [0.2, 0.25) is 10.0 Å². The molecule has 0 radical (unpaired) electrons. The highest BCUT2D eigenvalue weighted by Gasteiger charge is 2.25. The van der Waals surface area contributed by atoms with Gasteiger partial charge in [-0.2, -0.15) is 4.31 Å². The van der Waals surface area contributed by atoms with Crippen molar-refractivity contribution in [2.75, 3.05) is 25.0 Å². The van der Waals surface area contributed by atoms with Crippen molar-refractivity contribution in [1.82, 2.24) is 4.31 Å². The van der Waals surface area contributed by atoms with Crippen LogP contribution in [0.1, 0.15) is 36.8 Å². The maximum atomic E-state index is 12.8. The van der Waals surface area contributed by atoms with E-state index in [-0.39, 0.29) is 17.4 Å². The van der Waals surface area contributed by atoms with Gasteiger partial charge in [-0.05, 0) is 74.2 Å². The maximum Gasteiger partial charge on any atom is 0.262 e. The van der Waals surface area contributed by atoms with Crippen LogP contribution in [0.3, 0.4) is 0 Å². The molecule has 3 rings (SSSR count). The SMILES string of the molecule is Cc1c(Cl)ccc(OCC(=O)Nc2ccc(S(=O)(=O)N3CCCCCC3)cc2)c1C. The van der Waals surface area contributed by atoms with Crippen molar-refractivity contribution < 1.29 is 17.9 Å². The molecule has 2 aromatic carbocycles. The first-order chi connectivity index (χ1) is 14.3. The fraction of sp³-hybridized carbons (Fsp3) is 0.409. The minimum Gasteiger partial charge on any atom is -0.483 e. The maximum absolute atomic E-state index is 12.8. The summed E-state index contributed by atoms with van der Waals surface area (Å²) in [6.45, 7) is 4.74. The number of halogens is 1. The topological polar surface area (TPSA) is 75.7 Å². The molecular weight excluding hydrogens is 424 g/mol. The third kappa shape index (κ3) is 5.33. The quantitative estimate of drug-likeness (QED) is 0.701. The van der Waals surface area contributed by atoms with Crippen molar-refractivity contribution in [3.05, 3.63) is 52.5 Å². The van der Waals surface area contributed by atoms with E-state index >= 15 is 0 Å². The number of anilines is 1. The van der Waals surface area contributed by atoms with Crippen molar-refractivity contribution in [3.8, 4) is 5.75 Å². The highest BCUT2D eigenvalue weighted by Crippen LogP contribution is 2.27. The number of nitrogens with one attached hydrogen (secondary N) is 1. The van der Waals surface area contributed by atoms with E-state index in [1.54, 1.807) is 28.6 Å². The normalized spacial score (nSPS) is 15.4. The lowest BCUT2D eigenvalue weighted by molar-refractivity contribution is -0.118. The molecule has 1 N–H and O–H groups in total. The smallest absolute Gasteiger partial charge is 0.262 e. The highest BCUT2D eigenvalue weighted by atomic mass is 35.5. The number of carbonyl (C=O) groups is 1. The van der Waals surface area contributed by atoms with Crippen LogP contribution >= 0.6 is 11.6 Å². The van der Waals surface area contributed by atoms with Crippen molar-refractivity contribution in [2.45, 2.75) is 44.4 Å². The molecule has 8 heteroatoms. The Morgan fingerprint density at radius 2 is 1.63 bits per heavy atom. The third-order valence-corrected chi connectivity index (χ3v) is 7.69. The van der Waals surface area contributed by atoms with Gasteiger partial charge in [-0.3, -0.25) is 4.79 Å². The third-order valence-electron chi connectivity index (χ3n) is 5.37. The summed E-state index contributed by atoms with van der Waals surface area (Å²) in [5.41, 5.74) is 2.32. The molecule has 0 atom stereocenters. The van der Waals surface area contributed by atoms with E-state index in [1.165, 1.54) is 12.1 Å². The number of sulfonamides is 1. The lowest BCUT2D eigenvalue weighted by Gasteiger charge is -2.20. The number of amides is 1. The fourth-order valence-corrected chi connectivity index (χ4v) is 5.12. The van der Waals surface area contributed by atoms with E-state index in [0.29, 0.717) is 29.5 Å². The number of rotatable bonds is 6. The van der Waals surface area contributed by atoms with E-state index < -0.39 is 10.0 Å². The lowest BCUT2D eigenvalue weighted by atomic mass is 10.1. The molecule has 1 heterocycles. The minimum atomic E-state index is -3.50. The second kappa shape index (κ2) is 9.81. The van der Waals surface area contributed by atoms with Crippen LogP contribution < -0.4 is 10.1 Å². The number of hydrogen-bond acceptors (Lipinski definition) is 4. The van der Waals surface area contributed by atoms with Gasteiger partial charge < -0.3 is 10.1 Å². The number of hydrogen-bond donors (Lipinski definition) is 1. The van der Waals surface area contributed by atoms with Gasteiger partial charge in [0.1, 0.15) is 5.75 Å². The molecule has 1 fully saturated rings. The zero-order chi connectivity index (χ0) is 21.7. The molecule has 6 nitrogen and oxygen atoms in total. The van der Waals surface area contributed by atoms with Gasteiger partial charge in [0.05, 0.1) is 4.90 Å². The van der Waals surface area contributed by atoms with Crippen LogP contribution in [0, 0.1) is 13.8 Å². The number of benzene rings is 2. The van der Waals surface area contributed by atoms with Gasteiger partial charge in [0, 0.05) is 23.8 Å². The first kappa shape index (κ1) is 22.6. The summed E-state index contributed by atoms with van der Waals surface area (Å²) in [4.78, 5) is 12.5. The van der Waals surface area contributed by atoms with Gasteiger partial charge >= 0.3 is 0 Å². The molecule has 2 aromatic rings. The Bertz CT molecular complexity index is 999. The highest BCUT2D eigenvalue weighted by molar-refractivity contribution is 7.89. The standard InChI is InChI=1S/C22H27ClN2O4S/c1-16-17(2)21(12-11-20(16)23)29-15-22(26)24-18-7-9-19(10-8-18)30(27,28)25-13-5-3-4-6-14-25/h7-12H,3-6,13-15H2,1-2H3,(H,24,26). The second-order valence-electron chi connectivity index (χ2n) is 7.48. The second-order valence-corrected chi connectivity index (χ2v) is 9.82. The van der Waals surface area contributed by atoms with Crippen LogP contribution in [-0.2, 0) is 14.8 Å². The summed E-state index contributed by atoms with van der Waals surface area (Å²) < 4.78 is 32.8. The molecule has 162 valence electrons. The van der Waals surface area contributed by atoms with Gasteiger partial charge in [-0.25, -0.2) is 8.42 Å². The molecule has 0 aromatic heterocycles. The first-order valence-electron chi connectivity index (χ1n) is 10.1. The Balaban J connectivity index is 1.60. The average molecular weight is 451 g/mol. The average Bonchev–Trinajstić information content (AvgIpc) is 3.02. The van der Waals surface area contributed by atoms with E-state index in [1.807, 2.05) is 13.8 Å². The van der Waals surface area contributed by atoms with Crippen LogP contribution in [0.15, 0.2) is 41.3 Å². The fourth-order valence-electron chi connectivity index (χ4n) is 3.40. The summed E-state index contributed by atoms with van der Waals surface area (Å²) >= 11 is 6.08. The number of nitrogens with zero attached hydrogens (tertiary/aromatic N) is 1. The Labute approximate surface area is 183 Å². The largest absolute Gasteiger partial charge is 0.483 e. The monoisotopic (exact) mass is 450 g/mol. The molecule has 0 saturated carbocycles. The van der Waals surface area contributed by atoms with Gasteiger partial charge in [-0.15, -0.1) is 0 Å². The van der Waals surface area contributed by atoms with E-state index in [2.05, 4.69) is 5.32 Å². The molecule has 0 aliphatic carbocycles. The van der Waals surface area contributed by atoms with Crippen LogP contribution in [0.5, 0.6) is 5.75 Å². The predicted molar refractivity (Wildman–Crippen MR) is 119 cm³/mol. The molecule has 0 unspecified atom stereocenters. The molecule has 1 aliphatic heterocycles. The summed E-state index contributed by atoms with van der Waals surface area (Å²) in [6.07, 6.45) is 3.91. The number of ether oxygens (including phenoxy) is 1. The van der Waals surface area contributed by atoms with Crippen molar-refractivity contribution in [3.63, 3.8) is 0 Å². The van der Waals surface area contributed by atoms with E-state index in [9.17, 15) is 13.2 Å². The van der Waals surface area contributed by atoms with E-state index in [4.69, 9.17) is 16.3 Å². The lowest BCUT2D eigenvalue weighted by Crippen LogP contribution is -2.31. The van der Waals surface area contributed by atoms with Crippen molar-refractivity contribution in [1.29, 1.82) is 0 Å². The van der Waals surface area contributed by atoms with Gasteiger partial charge in [-0.1, -0.05) is 24.4 Å². The molecule has 30 heavy (non-hydrogen) atoms. The first-order valence-corrected chi connectivity index (χ1v) is 11.9. The van der Waals surface area contributed by atoms with Crippen molar-refractivity contribution >= 4 is 33.2 Å². The zero-order valence-corrected chi connectivity index (χ0v) is 18.9. The summed E-state index contributed by atoms with van der Waals surface area (Å²) in [6, 6.07) is 9.73. The summed E-state index contributed by atoms with van der Waals surface area (Å²) in [7, 11) is -3.50. The Morgan fingerprint density at radius 3 is 2.27 bits per heavy atom. The Morgan fingerprint density at radius 1 is 1.00 bits per heavy atom. The molecule has 1 saturated heterocycles. The van der Waals surface area contributed by atoms with Crippen molar-refractivity contribution in [2.24, 2.45) is 0 Å². The molecule has 0 bridgehead atoms. The summed E-state index contributed by atoms with van der Waals surface area (Å²) in [5.74, 6) is 0.274. The van der Waals surface area contributed by atoms with Gasteiger partial charge in [0.15, 0.2) is 6.61 Å². The molecular formula is C22H27ClN2O4S. The van der Waals surface area contributed by atoms with Crippen LogP contribution in [0.25, 0.3) is 0 Å². The number of carbonyl (C=O) groups excluding carboxylic acids is 1. The van der Waals surface area contributed by atoms with E-state index in [0.717, 1.165) is 36.8 Å². The summed E-state index contributed by atoms with van der Waals surface area (Å²) in [5, 5.41) is 3.38. The zero-order valence-electron chi connectivity index (χ0n) is 17.3. The van der Waals surface area contributed by atoms with Crippen LogP contribution in [0.2, 0.25) is 5.02 Å². The van der Waals surface area contributed by atoms with Crippen LogP contribution in [0.4, 0.5) is 5.69 Å². The molecule has 1 aliphatic rings. The van der Waals surface area contributed by atoms with Crippen LogP contribution in [-0.4, -0.2) is 38.3 Å².